The van der Waals surface area contributed by atoms with E-state index in [1.54, 1.807) is 0 Å². The molecular weight excluding hydrogens is 246 g/mol. The number of hydrogen-bond donors (Lipinski definition) is 1. The normalized spacial score (nSPS) is 18.5. The van der Waals surface area contributed by atoms with Gasteiger partial charge in [-0.1, -0.05) is 24.3 Å². The van der Waals surface area contributed by atoms with E-state index in [1.807, 2.05) is 11.7 Å². The van der Waals surface area contributed by atoms with E-state index < -0.39 is 0 Å². The van der Waals surface area contributed by atoms with Gasteiger partial charge in [-0.3, -0.25) is 4.68 Å². The van der Waals surface area contributed by atoms with Gasteiger partial charge in [0, 0.05) is 18.8 Å². The molecule has 106 valence electrons. The smallest absolute Gasteiger partial charge is 0.0628 e. The fraction of sp³-hybridized carbons (Fsp3) is 0.471. The van der Waals surface area contributed by atoms with Crippen molar-refractivity contribution in [1.29, 1.82) is 0 Å². The van der Waals surface area contributed by atoms with Crippen molar-refractivity contribution in [2.75, 3.05) is 0 Å². The third kappa shape index (κ3) is 2.27. The lowest BCUT2D eigenvalue weighted by Gasteiger charge is -2.32. The molecule has 2 unspecified atom stereocenters. The van der Waals surface area contributed by atoms with Crippen LogP contribution in [0.5, 0.6) is 0 Å². The van der Waals surface area contributed by atoms with E-state index >= 15 is 0 Å². The average Bonchev–Trinajstić information content (AvgIpc) is 2.63. The van der Waals surface area contributed by atoms with Gasteiger partial charge in [0.25, 0.3) is 0 Å². The molecule has 2 atom stereocenters. The van der Waals surface area contributed by atoms with Gasteiger partial charge in [0.2, 0.25) is 0 Å². The van der Waals surface area contributed by atoms with Gasteiger partial charge >= 0.3 is 0 Å². The van der Waals surface area contributed by atoms with Crippen molar-refractivity contribution < 1.29 is 0 Å². The maximum atomic E-state index is 6.38. The van der Waals surface area contributed by atoms with E-state index in [1.165, 1.54) is 28.8 Å². The Labute approximate surface area is 120 Å². The monoisotopic (exact) mass is 269 g/mol. The van der Waals surface area contributed by atoms with E-state index in [0.717, 1.165) is 18.5 Å². The van der Waals surface area contributed by atoms with Gasteiger partial charge in [0.15, 0.2) is 0 Å². The third-order valence-corrected chi connectivity index (χ3v) is 4.67. The lowest BCUT2D eigenvalue weighted by molar-refractivity contribution is 0.483. The molecule has 3 nitrogen and oxygen atoms in total. The Morgan fingerprint density at radius 1 is 1.35 bits per heavy atom. The minimum absolute atomic E-state index is 0.218. The standard InChI is InChI=1S/C17H23N3/c1-11-17(12(2)20(3)19-11)10-15(18)9-14-8-13-6-4-5-7-16(13)14/h4-7,14-15H,8-10,18H2,1-3H3. The maximum Gasteiger partial charge on any atom is 0.0628 e. The first-order valence-electron chi connectivity index (χ1n) is 7.38. The molecule has 0 saturated heterocycles. The fourth-order valence-corrected chi connectivity index (χ4v) is 3.40. The summed E-state index contributed by atoms with van der Waals surface area (Å²) in [4.78, 5) is 0. The van der Waals surface area contributed by atoms with Gasteiger partial charge in [-0.2, -0.15) is 5.10 Å². The Balaban J connectivity index is 1.65. The summed E-state index contributed by atoms with van der Waals surface area (Å²) in [7, 11) is 2.00. The topological polar surface area (TPSA) is 43.8 Å². The van der Waals surface area contributed by atoms with Crippen LogP contribution in [0.15, 0.2) is 24.3 Å². The first-order chi connectivity index (χ1) is 9.56. The maximum absolute atomic E-state index is 6.38. The van der Waals surface area contributed by atoms with Crippen molar-refractivity contribution in [2.24, 2.45) is 12.8 Å². The molecule has 0 radical (unpaired) electrons. The highest BCUT2D eigenvalue weighted by Gasteiger charge is 2.27. The third-order valence-electron chi connectivity index (χ3n) is 4.67. The Morgan fingerprint density at radius 3 is 2.75 bits per heavy atom. The molecule has 1 aliphatic rings. The van der Waals surface area contributed by atoms with Crippen LogP contribution < -0.4 is 5.73 Å². The summed E-state index contributed by atoms with van der Waals surface area (Å²) >= 11 is 0. The van der Waals surface area contributed by atoms with Crippen molar-refractivity contribution in [3.05, 3.63) is 52.3 Å². The fourth-order valence-electron chi connectivity index (χ4n) is 3.40. The zero-order valence-corrected chi connectivity index (χ0v) is 12.6. The van der Waals surface area contributed by atoms with Crippen LogP contribution in [-0.4, -0.2) is 15.8 Å². The molecule has 20 heavy (non-hydrogen) atoms. The van der Waals surface area contributed by atoms with Gasteiger partial charge < -0.3 is 5.73 Å². The van der Waals surface area contributed by atoms with Crippen LogP contribution >= 0.6 is 0 Å². The van der Waals surface area contributed by atoms with Crippen LogP contribution in [0.25, 0.3) is 0 Å². The van der Waals surface area contributed by atoms with Crippen molar-refractivity contribution in [3.63, 3.8) is 0 Å². The second-order valence-corrected chi connectivity index (χ2v) is 6.07. The van der Waals surface area contributed by atoms with Gasteiger partial charge in [0.05, 0.1) is 5.69 Å². The van der Waals surface area contributed by atoms with Crippen LogP contribution in [0.2, 0.25) is 0 Å². The average molecular weight is 269 g/mol. The second-order valence-electron chi connectivity index (χ2n) is 6.07. The molecule has 0 bridgehead atoms. The predicted octanol–water partition coefficient (Wildman–Crippen LogP) is 2.64. The number of nitrogens with two attached hydrogens (primary N) is 1. The molecule has 0 aliphatic heterocycles. The largest absolute Gasteiger partial charge is 0.327 e. The van der Waals surface area contributed by atoms with E-state index in [-0.39, 0.29) is 6.04 Å². The van der Waals surface area contributed by atoms with Gasteiger partial charge in [-0.05, 0) is 55.7 Å². The molecule has 1 aromatic carbocycles. The van der Waals surface area contributed by atoms with Gasteiger partial charge in [-0.15, -0.1) is 0 Å². The highest BCUT2D eigenvalue weighted by Crippen LogP contribution is 2.38. The van der Waals surface area contributed by atoms with E-state index in [0.29, 0.717) is 5.92 Å². The van der Waals surface area contributed by atoms with E-state index in [4.69, 9.17) is 5.73 Å². The van der Waals surface area contributed by atoms with E-state index in [9.17, 15) is 0 Å². The molecule has 1 aliphatic carbocycles. The molecular formula is C17H23N3. The summed E-state index contributed by atoms with van der Waals surface area (Å²) in [6, 6.07) is 8.95. The minimum atomic E-state index is 0.218. The molecule has 3 rings (SSSR count). The highest BCUT2D eigenvalue weighted by molar-refractivity contribution is 5.40. The zero-order valence-electron chi connectivity index (χ0n) is 12.6. The lowest BCUT2D eigenvalue weighted by atomic mass is 9.74. The molecule has 0 fully saturated rings. The highest BCUT2D eigenvalue weighted by atomic mass is 15.3. The minimum Gasteiger partial charge on any atom is -0.327 e. The van der Waals surface area contributed by atoms with Crippen molar-refractivity contribution in [3.8, 4) is 0 Å². The summed E-state index contributed by atoms with van der Waals surface area (Å²) < 4.78 is 1.95. The Kier molecular flexibility index (Phi) is 3.38. The van der Waals surface area contributed by atoms with Gasteiger partial charge in [-0.25, -0.2) is 0 Å². The molecule has 1 aromatic heterocycles. The zero-order chi connectivity index (χ0) is 14.3. The van der Waals surface area contributed by atoms with Crippen molar-refractivity contribution in [2.45, 2.75) is 45.1 Å². The number of rotatable bonds is 4. The molecule has 3 heteroatoms. The first kappa shape index (κ1) is 13.4. The first-order valence-corrected chi connectivity index (χ1v) is 7.38. The summed E-state index contributed by atoms with van der Waals surface area (Å²) in [5.74, 6) is 0.651. The number of hydrogen-bond acceptors (Lipinski definition) is 2. The van der Waals surface area contributed by atoms with Crippen LogP contribution in [0.3, 0.4) is 0 Å². The quantitative estimate of drug-likeness (QED) is 0.927. The van der Waals surface area contributed by atoms with E-state index in [2.05, 4.69) is 43.2 Å². The lowest BCUT2D eigenvalue weighted by Crippen LogP contribution is -2.30. The summed E-state index contributed by atoms with van der Waals surface area (Å²) in [5.41, 5.74) is 13.1. The molecule has 0 amide bonds. The van der Waals surface area contributed by atoms with Crippen molar-refractivity contribution in [1.82, 2.24) is 9.78 Å². The Hall–Kier alpha value is -1.61. The molecule has 2 N–H and O–H groups in total. The number of aromatic nitrogens is 2. The number of nitrogens with zero attached hydrogens (tertiary/aromatic N) is 2. The number of fused-ring (bicyclic) bond motifs is 1. The number of aryl methyl sites for hydroxylation is 2. The predicted molar refractivity (Wildman–Crippen MR) is 81.9 cm³/mol. The molecule has 2 aromatic rings. The van der Waals surface area contributed by atoms with Crippen LogP contribution in [0.4, 0.5) is 0 Å². The second kappa shape index (κ2) is 5.06. The molecule has 1 heterocycles. The van der Waals surface area contributed by atoms with Crippen LogP contribution in [0.1, 0.15) is 40.4 Å². The van der Waals surface area contributed by atoms with Gasteiger partial charge in [0.1, 0.15) is 0 Å². The number of benzene rings is 1. The summed E-state index contributed by atoms with van der Waals surface area (Å²) in [6.45, 7) is 4.20. The SMILES string of the molecule is Cc1nn(C)c(C)c1CC(N)CC1Cc2ccccc21. The summed E-state index contributed by atoms with van der Waals surface area (Å²) in [5, 5.41) is 4.47. The Bertz CT molecular complexity index is 627. The Morgan fingerprint density at radius 2 is 2.10 bits per heavy atom. The van der Waals surface area contributed by atoms with Crippen LogP contribution in [-0.2, 0) is 19.9 Å². The summed E-state index contributed by atoms with van der Waals surface area (Å²) in [6.07, 6.45) is 3.20. The van der Waals surface area contributed by atoms with Crippen LogP contribution in [0, 0.1) is 13.8 Å². The molecule has 0 spiro atoms. The molecule has 0 saturated carbocycles. The van der Waals surface area contributed by atoms with Crippen molar-refractivity contribution >= 4 is 0 Å².